The van der Waals surface area contributed by atoms with Gasteiger partial charge in [0.1, 0.15) is 53.3 Å². The summed E-state index contributed by atoms with van der Waals surface area (Å²) in [5, 5.41) is 80.6. The molecule has 8 N–H and O–H groups in total. The Morgan fingerprint density at radius 3 is 2.23 bits per heavy atom. The summed E-state index contributed by atoms with van der Waals surface area (Å²) in [5.74, 6) is -3.77. The van der Waals surface area contributed by atoms with Crippen molar-refractivity contribution in [2.24, 2.45) is 0 Å². The van der Waals surface area contributed by atoms with E-state index in [4.69, 9.17) is 9.47 Å². The van der Waals surface area contributed by atoms with E-state index in [-0.39, 0.29) is 17.1 Å². The quantitative estimate of drug-likeness (QED) is 0.274. The van der Waals surface area contributed by atoms with Crippen LogP contribution >= 0.6 is 0 Å². The SMILES string of the molecule is COc1ccc(C(=O)c2c(O)cc(O)c(C3OC(CO)C(O)C(O)C3O)c2O)cc1O. The van der Waals surface area contributed by atoms with Crippen molar-refractivity contribution in [2.45, 2.75) is 30.5 Å². The van der Waals surface area contributed by atoms with Crippen LogP contribution < -0.4 is 4.74 Å². The monoisotopic (exact) mass is 438 g/mol. The Hall–Kier alpha value is -3.09. The van der Waals surface area contributed by atoms with Crippen LogP contribution in [-0.4, -0.2) is 84.8 Å². The molecule has 1 aliphatic heterocycles. The van der Waals surface area contributed by atoms with Crippen LogP contribution in [0.5, 0.6) is 28.7 Å². The van der Waals surface area contributed by atoms with Crippen LogP contribution in [0, 0.1) is 0 Å². The van der Waals surface area contributed by atoms with E-state index in [2.05, 4.69) is 0 Å². The Morgan fingerprint density at radius 2 is 1.65 bits per heavy atom. The van der Waals surface area contributed by atoms with Crippen LogP contribution in [0.1, 0.15) is 27.6 Å². The molecule has 2 aromatic carbocycles. The molecule has 1 heterocycles. The van der Waals surface area contributed by atoms with E-state index in [0.717, 1.165) is 12.1 Å². The second-order valence-corrected chi connectivity index (χ2v) is 7.02. The molecule has 11 nitrogen and oxygen atoms in total. The van der Waals surface area contributed by atoms with Gasteiger partial charge in [0, 0.05) is 11.6 Å². The van der Waals surface area contributed by atoms with Crippen LogP contribution in [0.2, 0.25) is 0 Å². The molecule has 0 radical (unpaired) electrons. The Kier molecular flexibility index (Phi) is 6.25. The number of carbonyl (C=O) groups excluding carboxylic acids is 1. The predicted octanol–water partition coefficient (Wildman–Crippen LogP) is -0.736. The van der Waals surface area contributed by atoms with Gasteiger partial charge in [0.25, 0.3) is 0 Å². The van der Waals surface area contributed by atoms with Gasteiger partial charge in [-0.3, -0.25) is 4.79 Å². The van der Waals surface area contributed by atoms with Gasteiger partial charge in [-0.2, -0.15) is 0 Å². The van der Waals surface area contributed by atoms with E-state index in [1.54, 1.807) is 0 Å². The van der Waals surface area contributed by atoms with Gasteiger partial charge >= 0.3 is 0 Å². The maximum absolute atomic E-state index is 12.9. The lowest BCUT2D eigenvalue weighted by atomic mass is 9.88. The highest BCUT2D eigenvalue weighted by atomic mass is 16.5. The highest BCUT2D eigenvalue weighted by molar-refractivity contribution is 6.13. The van der Waals surface area contributed by atoms with Crippen molar-refractivity contribution in [2.75, 3.05) is 13.7 Å². The van der Waals surface area contributed by atoms with E-state index >= 15 is 0 Å². The van der Waals surface area contributed by atoms with Crippen molar-refractivity contribution in [3.05, 3.63) is 41.0 Å². The molecule has 2 aromatic rings. The summed E-state index contributed by atoms with van der Waals surface area (Å²) in [4.78, 5) is 12.9. The third-order valence-electron chi connectivity index (χ3n) is 5.14. The Balaban J connectivity index is 2.10. The number of phenolic OH excluding ortho intramolecular Hbond substituents is 4. The van der Waals surface area contributed by atoms with Crippen LogP contribution in [0.4, 0.5) is 0 Å². The molecule has 0 amide bonds. The molecule has 1 fully saturated rings. The number of aromatic hydroxyl groups is 4. The molecule has 0 saturated carbocycles. The van der Waals surface area contributed by atoms with E-state index in [0.29, 0.717) is 0 Å². The summed E-state index contributed by atoms with van der Waals surface area (Å²) in [6, 6.07) is 4.32. The molecule has 0 spiro atoms. The van der Waals surface area contributed by atoms with E-state index in [1.807, 2.05) is 0 Å². The van der Waals surface area contributed by atoms with Crippen molar-refractivity contribution in [1.82, 2.24) is 0 Å². The molecule has 3 rings (SSSR count). The first-order valence-corrected chi connectivity index (χ1v) is 9.12. The van der Waals surface area contributed by atoms with Gasteiger partial charge in [-0.15, -0.1) is 0 Å². The Morgan fingerprint density at radius 1 is 0.968 bits per heavy atom. The van der Waals surface area contributed by atoms with Crippen LogP contribution in [0.15, 0.2) is 24.3 Å². The fourth-order valence-corrected chi connectivity index (χ4v) is 3.48. The van der Waals surface area contributed by atoms with Gasteiger partial charge in [-0.25, -0.2) is 0 Å². The van der Waals surface area contributed by atoms with Crippen molar-refractivity contribution >= 4 is 5.78 Å². The van der Waals surface area contributed by atoms with Gasteiger partial charge < -0.3 is 50.3 Å². The van der Waals surface area contributed by atoms with Crippen molar-refractivity contribution < 1.29 is 55.1 Å². The first kappa shape index (κ1) is 22.6. The number of aliphatic hydroxyl groups excluding tert-OH is 4. The minimum absolute atomic E-state index is 0.0812. The summed E-state index contributed by atoms with van der Waals surface area (Å²) >= 11 is 0. The molecular formula is C20H22O11. The molecule has 5 unspecified atom stereocenters. The molecule has 31 heavy (non-hydrogen) atoms. The number of ketones is 1. The normalized spacial score (nSPS) is 25.9. The summed E-state index contributed by atoms with van der Waals surface area (Å²) < 4.78 is 10.2. The molecule has 11 heteroatoms. The fraction of sp³-hybridized carbons (Fsp3) is 0.350. The van der Waals surface area contributed by atoms with E-state index < -0.39 is 71.3 Å². The minimum Gasteiger partial charge on any atom is -0.507 e. The molecule has 168 valence electrons. The first-order valence-electron chi connectivity index (χ1n) is 9.12. The molecule has 0 aromatic heterocycles. The average molecular weight is 438 g/mol. The number of methoxy groups -OCH3 is 1. The van der Waals surface area contributed by atoms with Gasteiger partial charge in [-0.1, -0.05) is 0 Å². The van der Waals surface area contributed by atoms with Crippen molar-refractivity contribution in [1.29, 1.82) is 0 Å². The number of aliphatic hydroxyl groups is 4. The highest BCUT2D eigenvalue weighted by Crippen LogP contribution is 2.46. The number of hydrogen-bond donors (Lipinski definition) is 8. The maximum atomic E-state index is 12.9. The standard InChI is InChI=1S/C20H22O11/c1-30-11-3-2-7(4-8(11)22)15(25)13-9(23)5-10(24)14(17(13)27)20-19(29)18(28)16(26)12(6-21)31-20/h2-5,12,16,18-24,26-29H,6H2,1H3. The third kappa shape index (κ3) is 3.84. The molecule has 0 aliphatic carbocycles. The zero-order valence-electron chi connectivity index (χ0n) is 16.2. The Labute approximate surface area is 175 Å². The number of rotatable bonds is 5. The smallest absolute Gasteiger partial charge is 0.200 e. The van der Waals surface area contributed by atoms with E-state index in [1.165, 1.54) is 19.2 Å². The van der Waals surface area contributed by atoms with Gasteiger partial charge in [-0.05, 0) is 18.2 Å². The van der Waals surface area contributed by atoms with Crippen LogP contribution in [-0.2, 0) is 4.74 Å². The number of carbonyl (C=O) groups is 1. The molecular weight excluding hydrogens is 416 g/mol. The first-order chi connectivity index (χ1) is 14.6. The molecule has 1 aliphatic rings. The second kappa shape index (κ2) is 8.57. The van der Waals surface area contributed by atoms with Crippen molar-refractivity contribution in [3.63, 3.8) is 0 Å². The van der Waals surface area contributed by atoms with Crippen LogP contribution in [0.3, 0.4) is 0 Å². The highest BCUT2D eigenvalue weighted by Gasteiger charge is 2.46. The number of phenols is 4. The van der Waals surface area contributed by atoms with Crippen molar-refractivity contribution in [3.8, 4) is 28.7 Å². The second-order valence-electron chi connectivity index (χ2n) is 7.02. The summed E-state index contributed by atoms with van der Waals surface area (Å²) in [6.45, 7) is -0.752. The topological polar surface area (TPSA) is 197 Å². The lowest BCUT2D eigenvalue weighted by molar-refractivity contribution is -0.232. The number of ether oxygens (including phenoxy) is 2. The zero-order valence-corrected chi connectivity index (χ0v) is 16.2. The van der Waals surface area contributed by atoms with Crippen LogP contribution in [0.25, 0.3) is 0 Å². The zero-order chi connectivity index (χ0) is 23.0. The minimum atomic E-state index is -1.85. The number of benzene rings is 2. The summed E-state index contributed by atoms with van der Waals surface area (Å²) in [5.41, 5.74) is -1.36. The average Bonchev–Trinajstić information content (AvgIpc) is 2.73. The van der Waals surface area contributed by atoms with Gasteiger partial charge in [0.15, 0.2) is 11.5 Å². The largest absolute Gasteiger partial charge is 0.507 e. The Bertz CT molecular complexity index is 988. The third-order valence-corrected chi connectivity index (χ3v) is 5.14. The lowest BCUT2D eigenvalue weighted by Crippen LogP contribution is -2.55. The maximum Gasteiger partial charge on any atom is 0.200 e. The number of hydrogen-bond acceptors (Lipinski definition) is 11. The summed E-state index contributed by atoms with van der Waals surface area (Å²) in [6.07, 6.45) is -8.34. The fourth-order valence-electron chi connectivity index (χ4n) is 3.48. The van der Waals surface area contributed by atoms with Gasteiger partial charge in [0.2, 0.25) is 5.78 Å². The lowest BCUT2D eigenvalue weighted by Gasteiger charge is -2.40. The molecule has 1 saturated heterocycles. The summed E-state index contributed by atoms with van der Waals surface area (Å²) in [7, 11) is 1.31. The molecule has 5 atom stereocenters. The van der Waals surface area contributed by atoms with Gasteiger partial charge in [0.05, 0.1) is 19.3 Å². The predicted molar refractivity (Wildman–Crippen MR) is 102 cm³/mol. The van der Waals surface area contributed by atoms with E-state index in [9.17, 15) is 45.6 Å². The molecule has 0 bridgehead atoms.